The summed E-state index contributed by atoms with van der Waals surface area (Å²) in [6, 6.07) is 88.1. The predicted molar refractivity (Wildman–Crippen MR) is 324 cm³/mol. The first-order chi connectivity index (χ1) is 37.0. The van der Waals surface area contributed by atoms with E-state index in [2.05, 4.69) is 258 Å². The molecule has 1 aliphatic rings. The van der Waals surface area contributed by atoms with E-state index in [0.717, 1.165) is 25.7 Å². The van der Waals surface area contributed by atoms with Crippen LogP contribution in [0.2, 0.25) is 0 Å². The van der Waals surface area contributed by atoms with E-state index in [1.54, 1.807) is 0 Å². The maximum atomic E-state index is 2.59. The SMILES string of the molecule is CCc1ccc(-c2c3ccccc3c(-c3ccc4c(c3)C(CC)(CC)c3cc(-c5c6ccccc6c(-c6c7ccccc7c(-c7ccc(CC)cc7)c7ccccc67)c6ccccc56)ccc3-4)c3ccccc23)cc1. The molecule has 13 aromatic carbocycles. The lowest BCUT2D eigenvalue weighted by Crippen LogP contribution is -2.23. The van der Waals surface area contributed by atoms with Crippen molar-refractivity contribution in [1.29, 1.82) is 0 Å². The minimum atomic E-state index is -0.161. The van der Waals surface area contributed by atoms with Crippen LogP contribution in [0.4, 0.5) is 0 Å². The minimum Gasteiger partial charge on any atom is -0.0642 e. The van der Waals surface area contributed by atoms with Gasteiger partial charge in [0.2, 0.25) is 0 Å². The third kappa shape index (κ3) is 6.75. The molecule has 0 heterocycles. The fourth-order valence-electron chi connectivity index (χ4n) is 13.8. The summed E-state index contributed by atoms with van der Waals surface area (Å²) in [7, 11) is 0. The summed E-state index contributed by atoms with van der Waals surface area (Å²) >= 11 is 0. The third-order valence-electron chi connectivity index (χ3n) is 17.5. The van der Waals surface area contributed by atoms with Crippen LogP contribution >= 0.6 is 0 Å². The Labute approximate surface area is 440 Å². The van der Waals surface area contributed by atoms with Crippen LogP contribution in [-0.4, -0.2) is 0 Å². The molecule has 358 valence electrons. The lowest BCUT2D eigenvalue weighted by Gasteiger charge is -2.30. The molecule has 0 N–H and O–H groups in total. The average molecular weight is 959 g/mol. The highest BCUT2D eigenvalue weighted by molar-refractivity contribution is 6.30. The lowest BCUT2D eigenvalue weighted by atomic mass is 9.72. The van der Waals surface area contributed by atoms with Crippen molar-refractivity contribution >= 4 is 64.6 Å². The molecule has 13 aromatic rings. The monoisotopic (exact) mass is 958 g/mol. The molecule has 0 heteroatoms. The van der Waals surface area contributed by atoms with Crippen LogP contribution in [0.15, 0.2) is 231 Å². The highest BCUT2D eigenvalue weighted by Crippen LogP contribution is 2.57. The van der Waals surface area contributed by atoms with Crippen molar-refractivity contribution in [3.05, 3.63) is 253 Å². The number of benzene rings is 13. The van der Waals surface area contributed by atoms with Gasteiger partial charge >= 0.3 is 0 Å². The van der Waals surface area contributed by atoms with Gasteiger partial charge in [0, 0.05) is 5.41 Å². The first kappa shape index (κ1) is 45.1. The van der Waals surface area contributed by atoms with E-state index in [1.165, 1.54) is 154 Å². The maximum absolute atomic E-state index is 2.59. The molecule has 0 radical (unpaired) electrons. The van der Waals surface area contributed by atoms with Gasteiger partial charge in [0.1, 0.15) is 0 Å². The summed E-state index contributed by atoms with van der Waals surface area (Å²) in [4.78, 5) is 0. The van der Waals surface area contributed by atoms with Gasteiger partial charge in [-0.15, -0.1) is 0 Å². The van der Waals surface area contributed by atoms with Gasteiger partial charge < -0.3 is 0 Å². The molecule has 0 nitrogen and oxygen atoms in total. The number of rotatable bonds is 9. The highest BCUT2D eigenvalue weighted by atomic mass is 14.4. The molecule has 0 amide bonds. The molecule has 0 saturated heterocycles. The van der Waals surface area contributed by atoms with Crippen molar-refractivity contribution in [3.63, 3.8) is 0 Å². The zero-order valence-electron chi connectivity index (χ0n) is 43.3. The Morgan fingerprint density at radius 1 is 0.240 bits per heavy atom. The zero-order valence-corrected chi connectivity index (χ0v) is 43.3. The van der Waals surface area contributed by atoms with E-state index in [9.17, 15) is 0 Å². The topological polar surface area (TPSA) is 0 Å². The van der Waals surface area contributed by atoms with Crippen LogP contribution in [0, 0.1) is 0 Å². The van der Waals surface area contributed by atoms with Crippen LogP contribution in [0.5, 0.6) is 0 Å². The van der Waals surface area contributed by atoms with Gasteiger partial charge in [-0.05, 0) is 191 Å². The fourth-order valence-corrected chi connectivity index (χ4v) is 13.8. The smallest absolute Gasteiger partial charge is 0.0210 e. The van der Waals surface area contributed by atoms with Gasteiger partial charge in [-0.2, -0.15) is 0 Å². The zero-order chi connectivity index (χ0) is 50.4. The van der Waals surface area contributed by atoms with Gasteiger partial charge in [0.25, 0.3) is 0 Å². The van der Waals surface area contributed by atoms with E-state index >= 15 is 0 Å². The van der Waals surface area contributed by atoms with Crippen LogP contribution in [-0.2, 0) is 18.3 Å². The molecular formula is C75H58. The van der Waals surface area contributed by atoms with Crippen molar-refractivity contribution in [2.45, 2.75) is 58.8 Å². The molecule has 75 heavy (non-hydrogen) atoms. The molecule has 0 saturated carbocycles. The molecule has 0 aromatic heterocycles. The Kier molecular flexibility index (Phi) is 10.7. The van der Waals surface area contributed by atoms with Crippen LogP contribution < -0.4 is 0 Å². The van der Waals surface area contributed by atoms with Crippen LogP contribution in [0.3, 0.4) is 0 Å². The largest absolute Gasteiger partial charge is 0.0642 e. The highest BCUT2D eigenvalue weighted by Gasteiger charge is 2.41. The number of hydrogen-bond acceptors (Lipinski definition) is 0. The van der Waals surface area contributed by atoms with E-state index in [-0.39, 0.29) is 5.41 Å². The molecule has 0 unspecified atom stereocenters. The van der Waals surface area contributed by atoms with Gasteiger partial charge in [-0.1, -0.05) is 246 Å². The Bertz CT molecular complexity index is 4260. The maximum Gasteiger partial charge on any atom is 0.0210 e. The first-order valence-corrected chi connectivity index (χ1v) is 27.3. The molecule has 0 aliphatic heterocycles. The summed E-state index contributed by atoms with van der Waals surface area (Å²) in [6.45, 7) is 9.27. The molecular weight excluding hydrogens is 901 g/mol. The Morgan fingerprint density at radius 2 is 0.467 bits per heavy atom. The van der Waals surface area contributed by atoms with E-state index in [0.29, 0.717) is 0 Å². The Morgan fingerprint density at radius 3 is 0.707 bits per heavy atom. The summed E-state index contributed by atoms with van der Waals surface area (Å²) < 4.78 is 0. The molecule has 0 spiro atoms. The van der Waals surface area contributed by atoms with E-state index in [4.69, 9.17) is 0 Å². The summed E-state index contributed by atoms with van der Waals surface area (Å²) in [6.07, 6.45) is 4.06. The Balaban J connectivity index is 0.962. The second-order valence-corrected chi connectivity index (χ2v) is 20.9. The lowest BCUT2D eigenvalue weighted by molar-refractivity contribution is 0.491. The molecule has 0 atom stereocenters. The van der Waals surface area contributed by atoms with Crippen molar-refractivity contribution in [2.24, 2.45) is 0 Å². The standard InChI is InChI=1S/C75H58/c1-5-47-33-37-49(38-34-47)69-55-21-9-11-23-57(55)71(58-24-12-10-22-56(58)69)51-41-43-53-54-44-42-52(46-68(54)75(7-3,8-4)67(53)45-51)72-61-27-15-19-31-65(61)74(66-32-20-16-28-62(66)72)73-63-29-17-13-25-59(63)70(60-26-14-18-30-64(60)73)50-39-35-48(6-2)36-40-50/h9-46H,5-8H2,1-4H3. The van der Waals surface area contributed by atoms with Crippen molar-refractivity contribution in [2.75, 3.05) is 0 Å². The summed E-state index contributed by atoms with van der Waals surface area (Å²) in [5, 5.41) is 15.4. The van der Waals surface area contributed by atoms with Crippen molar-refractivity contribution < 1.29 is 0 Å². The number of fused-ring (bicyclic) bond motifs is 9. The normalized spacial score (nSPS) is 12.9. The van der Waals surface area contributed by atoms with Gasteiger partial charge in [0.05, 0.1) is 0 Å². The minimum absolute atomic E-state index is 0.161. The first-order valence-electron chi connectivity index (χ1n) is 27.3. The second kappa shape index (κ2) is 17.8. The second-order valence-electron chi connectivity index (χ2n) is 20.9. The average Bonchev–Trinajstić information content (AvgIpc) is 3.76. The van der Waals surface area contributed by atoms with E-state index in [1.807, 2.05) is 0 Å². The molecule has 0 bridgehead atoms. The third-order valence-corrected chi connectivity index (χ3v) is 17.5. The van der Waals surface area contributed by atoms with Gasteiger partial charge in [-0.25, -0.2) is 0 Å². The van der Waals surface area contributed by atoms with Crippen molar-refractivity contribution in [1.82, 2.24) is 0 Å². The van der Waals surface area contributed by atoms with E-state index < -0.39 is 0 Å². The van der Waals surface area contributed by atoms with Crippen LogP contribution in [0.25, 0.3) is 131 Å². The fraction of sp³-hybridized carbons (Fsp3) is 0.120. The predicted octanol–water partition coefficient (Wildman–Crippen LogP) is 21.2. The van der Waals surface area contributed by atoms with Gasteiger partial charge in [0.15, 0.2) is 0 Å². The number of aryl methyl sites for hydroxylation is 2. The molecule has 14 rings (SSSR count). The van der Waals surface area contributed by atoms with Gasteiger partial charge in [-0.3, -0.25) is 0 Å². The summed E-state index contributed by atoms with van der Waals surface area (Å²) in [5.74, 6) is 0. The molecule has 1 aliphatic carbocycles. The van der Waals surface area contributed by atoms with Crippen LogP contribution in [0.1, 0.15) is 62.8 Å². The quantitative estimate of drug-likeness (QED) is 0.127. The molecule has 0 fully saturated rings. The number of hydrogen-bond donors (Lipinski definition) is 0. The van der Waals surface area contributed by atoms with Crippen molar-refractivity contribution in [3.8, 4) is 66.8 Å². The Hall–Kier alpha value is -8.58. The summed E-state index contributed by atoms with van der Waals surface area (Å²) in [5.41, 5.74) is 21.0.